The molecule has 0 aromatic heterocycles. The summed E-state index contributed by atoms with van der Waals surface area (Å²) in [5, 5.41) is 25.3. The van der Waals surface area contributed by atoms with Gasteiger partial charge < -0.3 is 19.8 Å². The zero-order valence-corrected chi connectivity index (χ0v) is 14.7. The van der Waals surface area contributed by atoms with Crippen LogP contribution in [0.15, 0.2) is 24.3 Å². The van der Waals surface area contributed by atoms with Crippen LogP contribution in [0, 0.1) is 16.0 Å². The monoisotopic (exact) mass is 368 g/mol. The Morgan fingerprint density at radius 2 is 1.88 bits per heavy atom. The number of nitro benzene ring substituents is 1. The van der Waals surface area contributed by atoms with Crippen molar-refractivity contribution in [1.29, 1.82) is 0 Å². The minimum atomic E-state index is -1.82. The van der Waals surface area contributed by atoms with Gasteiger partial charge in [-0.2, -0.15) is 0 Å². The van der Waals surface area contributed by atoms with Crippen molar-refractivity contribution >= 4 is 17.6 Å². The fraction of sp³-hybridized carbons (Fsp3) is 0.529. The van der Waals surface area contributed by atoms with Gasteiger partial charge in [0.15, 0.2) is 0 Å². The summed E-state index contributed by atoms with van der Waals surface area (Å²) in [6.45, 7) is 6.83. The fourth-order valence-electron chi connectivity index (χ4n) is 2.59. The number of carboxylic acids is 2. The van der Waals surface area contributed by atoms with Gasteiger partial charge >= 0.3 is 11.9 Å². The average Bonchev–Trinajstić information content (AvgIpc) is 2.59. The number of benzene rings is 1. The molecule has 26 heavy (non-hydrogen) atoms. The Morgan fingerprint density at radius 1 is 1.27 bits per heavy atom. The van der Waals surface area contributed by atoms with Crippen LogP contribution in [-0.2, 0) is 20.9 Å². The van der Waals surface area contributed by atoms with E-state index in [9.17, 15) is 10.1 Å². The number of ether oxygens (including phenoxy) is 1. The summed E-state index contributed by atoms with van der Waals surface area (Å²) in [6.07, 6.45) is 2.61. The highest BCUT2D eigenvalue weighted by Crippen LogP contribution is 2.15. The molecule has 0 saturated carbocycles. The SMILES string of the molecule is CC1CCCN(CCOCc2ccc([N+](=O)[O-])cc2)C1.O=C(O)C(=O)O. The van der Waals surface area contributed by atoms with E-state index >= 15 is 0 Å². The summed E-state index contributed by atoms with van der Waals surface area (Å²) in [5.41, 5.74) is 1.10. The van der Waals surface area contributed by atoms with E-state index in [4.69, 9.17) is 24.5 Å². The van der Waals surface area contributed by atoms with Gasteiger partial charge in [-0.1, -0.05) is 6.92 Å². The Hall–Kier alpha value is -2.52. The van der Waals surface area contributed by atoms with Gasteiger partial charge in [-0.3, -0.25) is 10.1 Å². The Morgan fingerprint density at radius 3 is 2.38 bits per heavy atom. The first kappa shape index (κ1) is 21.5. The number of rotatable bonds is 6. The van der Waals surface area contributed by atoms with Crippen molar-refractivity contribution in [2.45, 2.75) is 26.4 Å². The molecule has 1 aromatic rings. The van der Waals surface area contributed by atoms with Crippen LogP contribution in [0.3, 0.4) is 0 Å². The number of nitrogens with zero attached hydrogens (tertiary/aromatic N) is 2. The molecule has 1 saturated heterocycles. The van der Waals surface area contributed by atoms with Crippen LogP contribution in [0.1, 0.15) is 25.3 Å². The van der Waals surface area contributed by atoms with Gasteiger partial charge in [-0.15, -0.1) is 0 Å². The molecule has 2 rings (SSSR count). The molecule has 1 aromatic carbocycles. The molecule has 9 heteroatoms. The van der Waals surface area contributed by atoms with Gasteiger partial charge in [0.05, 0.1) is 18.1 Å². The Balaban J connectivity index is 0.000000487. The van der Waals surface area contributed by atoms with Gasteiger partial charge in [-0.25, -0.2) is 9.59 Å². The topological polar surface area (TPSA) is 130 Å². The van der Waals surface area contributed by atoms with E-state index in [1.54, 1.807) is 12.1 Å². The number of carboxylic acid groups (broad SMARTS) is 2. The lowest BCUT2D eigenvalue weighted by Crippen LogP contribution is -2.36. The summed E-state index contributed by atoms with van der Waals surface area (Å²) in [6, 6.07) is 6.54. The maximum Gasteiger partial charge on any atom is 0.414 e. The third kappa shape index (κ3) is 8.54. The van der Waals surface area contributed by atoms with Gasteiger partial charge in [0.1, 0.15) is 0 Å². The van der Waals surface area contributed by atoms with Crippen molar-refractivity contribution in [3.05, 3.63) is 39.9 Å². The molecular formula is C17H24N2O7. The van der Waals surface area contributed by atoms with Gasteiger partial charge in [0.25, 0.3) is 5.69 Å². The first-order valence-corrected chi connectivity index (χ1v) is 8.29. The predicted octanol–water partition coefficient (Wildman–Crippen LogP) is 2.00. The second-order valence-electron chi connectivity index (χ2n) is 6.13. The second kappa shape index (κ2) is 11.2. The van der Waals surface area contributed by atoms with E-state index in [-0.39, 0.29) is 10.6 Å². The Bertz CT molecular complexity index is 592. The average molecular weight is 368 g/mol. The summed E-state index contributed by atoms with van der Waals surface area (Å²) >= 11 is 0. The van der Waals surface area contributed by atoms with Crippen LogP contribution in [0.4, 0.5) is 5.69 Å². The maximum absolute atomic E-state index is 10.5. The number of nitro groups is 1. The molecule has 0 radical (unpaired) electrons. The van der Waals surface area contributed by atoms with E-state index in [0.29, 0.717) is 13.2 Å². The molecule has 144 valence electrons. The van der Waals surface area contributed by atoms with Crippen molar-refractivity contribution in [3.63, 3.8) is 0 Å². The van der Waals surface area contributed by atoms with Gasteiger partial charge in [0.2, 0.25) is 0 Å². The van der Waals surface area contributed by atoms with Crippen LogP contribution in [0.5, 0.6) is 0 Å². The number of piperidine rings is 1. The molecule has 1 unspecified atom stereocenters. The predicted molar refractivity (Wildman–Crippen MR) is 92.9 cm³/mol. The molecule has 1 aliphatic rings. The molecule has 0 bridgehead atoms. The molecule has 0 spiro atoms. The van der Waals surface area contributed by atoms with Crippen molar-refractivity contribution in [2.75, 3.05) is 26.2 Å². The highest BCUT2D eigenvalue weighted by Gasteiger charge is 2.15. The lowest BCUT2D eigenvalue weighted by molar-refractivity contribution is -0.384. The molecule has 0 aliphatic carbocycles. The quantitative estimate of drug-likeness (QED) is 0.337. The number of hydrogen-bond donors (Lipinski definition) is 2. The normalized spacial score (nSPS) is 17.0. The van der Waals surface area contributed by atoms with Crippen LogP contribution in [0.2, 0.25) is 0 Å². The Labute approximate surface area is 151 Å². The van der Waals surface area contributed by atoms with Gasteiger partial charge in [0, 0.05) is 25.2 Å². The summed E-state index contributed by atoms with van der Waals surface area (Å²) in [4.78, 5) is 30.8. The number of non-ortho nitro benzene ring substituents is 1. The van der Waals surface area contributed by atoms with Crippen molar-refractivity contribution in [3.8, 4) is 0 Å². The number of aliphatic carboxylic acids is 2. The molecular weight excluding hydrogens is 344 g/mol. The largest absolute Gasteiger partial charge is 0.473 e. The third-order valence-corrected chi connectivity index (χ3v) is 3.89. The number of hydrogen-bond acceptors (Lipinski definition) is 6. The fourth-order valence-corrected chi connectivity index (χ4v) is 2.59. The third-order valence-electron chi connectivity index (χ3n) is 3.89. The summed E-state index contributed by atoms with van der Waals surface area (Å²) < 4.78 is 5.65. The van der Waals surface area contributed by atoms with Crippen LogP contribution >= 0.6 is 0 Å². The molecule has 1 atom stereocenters. The van der Waals surface area contributed by atoms with Crippen molar-refractivity contribution in [1.82, 2.24) is 4.90 Å². The maximum atomic E-state index is 10.5. The van der Waals surface area contributed by atoms with Crippen LogP contribution in [0.25, 0.3) is 0 Å². The molecule has 2 N–H and O–H groups in total. The zero-order valence-electron chi connectivity index (χ0n) is 14.7. The van der Waals surface area contributed by atoms with E-state index in [2.05, 4.69) is 11.8 Å². The van der Waals surface area contributed by atoms with Crippen LogP contribution in [-0.4, -0.2) is 58.2 Å². The highest BCUT2D eigenvalue weighted by molar-refractivity contribution is 6.27. The van der Waals surface area contributed by atoms with E-state index in [1.807, 2.05) is 0 Å². The molecule has 0 amide bonds. The highest BCUT2D eigenvalue weighted by atomic mass is 16.6. The lowest BCUT2D eigenvalue weighted by atomic mass is 10.0. The molecule has 1 fully saturated rings. The lowest BCUT2D eigenvalue weighted by Gasteiger charge is -2.30. The van der Waals surface area contributed by atoms with Crippen LogP contribution < -0.4 is 0 Å². The van der Waals surface area contributed by atoms with Gasteiger partial charge in [-0.05, 0) is 43.0 Å². The standard InChI is InChI=1S/C15H22N2O3.C2H2O4/c1-13-3-2-8-16(11-13)9-10-20-12-14-4-6-15(7-5-14)17(18)19;3-1(4)2(5)6/h4-7,13H,2-3,8-12H2,1H3;(H,3,4)(H,5,6). The van der Waals surface area contributed by atoms with E-state index < -0.39 is 11.9 Å². The van der Waals surface area contributed by atoms with Crippen molar-refractivity contribution < 1.29 is 29.5 Å². The van der Waals surface area contributed by atoms with E-state index in [0.717, 1.165) is 18.0 Å². The smallest absolute Gasteiger partial charge is 0.414 e. The second-order valence-corrected chi connectivity index (χ2v) is 6.13. The molecule has 1 aliphatic heterocycles. The summed E-state index contributed by atoms with van der Waals surface area (Å²) in [5.74, 6) is -2.86. The molecule has 1 heterocycles. The number of likely N-dealkylation sites (tertiary alicyclic amines) is 1. The van der Waals surface area contributed by atoms with Crippen molar-refractivity contribution in [2.24, 2.45) is 5.92 Å². The minimum Gasteiger partial charge on any atom is -0.473 e. The molecule has 9 nitrogen and oxygen atoms in total. The Kier molecular flexibility index (Phi) is 9.24. The van der Waals surface area contributed by atoms with E-state index in [1.165, 1.54) is 38.1 Å². The zero-order chi connectivity index (χ0) is 19.5. The first-order valence-electron chi connectivity index (χ1n) is 8.29. The minimum absolute atomic E-state index is 0.121. The first-order chi connectivity index (χ1) is 12.3. The summed E-state index contributed by atoms with van der Waals surface area (Å²) in [7, 11) is 0. The number of carbonyl (C=O) groups is 2.